The summed E-state index contributed by atoms with van der Waals surface area (Å²) < 4.78 is 0. The van der Waals surface area contributed by atoms with E-state index >= 15 is 0 Å². The lowest BCUT2D eigenvalue weighted by Gasteiger charge is -2.12. The number of rotatable bonds is 4. The first-order chi connectivity index (χ1) is 9.95. The molecule has 0 aromatic heterocycles. The Morgan fingerprint density at radius 2 is 1.90 bits per heavy atom. The summed E-state index contributed by atoms with van der Waals surface area (Å²) in [7, 11) is 0. The average molecular weight is 323 g/mol. The van der Waals surface area contributed by atoms with Gasteiger partial charge < -0.3 is 10.6 Å². The molecule has 0 unspecified atom stereocenters. The average Bonchev–Trinajstić information content (AvgIpc) is 2.42. The summed E-state index contributed by atoms with van der Waals surface area (Å²) in [5, 5.41) is 7.42. The van der Waals surface area contributed by atoms with Crippen molar-refractivity contribution in [2.75, 3.05) is 10.6 Å². The summed E-state index contributed by atoms with van der Waals surface area (Å²) in [4.78, 5) is 11.1. The highest BCUT2D eigenvalue weighted by atomic mass is 35.5. The molecule has 0 spiro atoms. The van der Waals surface area contributed by atoms with E-state index in [-0.39, 0.29) is 5.91 Å². The highest BCUT2D eigenvalue weighted by Gasteiger charge is 2.04. The molecule has 0 saturated carbocycles. The highest BCUT2D eigenvalue weighted by molar-refractivity contribution is 6.33. The molecule has 2 aromatic carbocycles. The van der Waals surface area contributed by atoms with Crippen molar-refractivity contribution in [1.29, 1.82) is 0 Å². The molecule has 0 radical (unpaired) electrons. The molecule has 0 aliphatic carbocycles. The molecule has 5 heteroatoms. The first-order valence-electron chi connectivity index (χ1n) is 6.52. The number of hydrogen-bond donors (Lipinski definition) is 2. The number of anilines is 2. The van der Waals surface area contributed by atoms with E-state index in [1.54, 1.807) is 12.1 Å². The second kappa shape index (κ2) is 6.83. The van der Waals surface area contributed by atoms with Gasteiger partial charge in [0.25, 0.3) is 0 Å². The molecule has 2 aromatic rings. The fourth-order valence-electron chi connectivity index (χ4n) is 1.98. The Balaban J connectivity index is 2.08. The van der Waals surface area contributed by atoms with Crippen molar-refractivity contribution in [2.24, 2.45) is 0 Å². The zero-order chi connectivity index (χ0) is 15.4. The molecule has 0 heterocycles. The zero-order valence-electron chi connectivity index (χ0n) is 11.8. The number of aryl methyl sites for hydroxylation is 1. The fraction of sp³-hybridized carbons (Fsp3) is 0.188. The molecule has 0 aliphatic heterocycles. The van der Waals surface area contributed by atoms with Crippen molar-refractivity contribution >= 4 is 40.5 Å². The fourth-order valence-corrected chi connectivity index (χ4v) is 2.36. The van der Waals surface area contributed by atoms with Crippen LogP contribution >= 0.6 is 23.2 Å². The summed E-state index contributed by atoms with van der Waals surface area (Å²) >= 11 is 12.1. The van der Waals surface area contributed by atoms with Gasteiger partial charge in [0.1, 0.15) is 0 Å². The van der Waals surface area contributed by atoms with Crippen LogP contribution < -0.4 is 10.6 Å². The van der Waals surface area contributed by atoms with E-state index in [0.717, 1.165) is 22.5 Å². The Morgan fingerprint density at radius 3 is 2.57 bits per heavy atom. The van der Waals surface area contributed by atoms with E-state index in [2.05, 4.69) is 10.6 Å². The summed E-state index contributed by atoms with van der Waals surface area (Å²) in [5.74, 6) is -0.0791. The van der Waals surface area contributed by atoms with Crippen LogP contribution in [0.2, 0.25) is 10.0 Å². The molecule has 2 rings (SSSR count). The van der Waals surface area contributed by atoms with Gasteiger partial charge in [-0.1, -0.05) is 23.2 Å². The molecule has 21 heavy (non-hydrogen) atoms. The van der Waals surface area contributed by atoms with Crippen LogP contribution in [0.1, 0.15) is 18.1 Å². The van der Waals surface area contributed by atoms with Crippen molar-refractivity contribution < 1.29 is 4.79 Å². The molecule has 2 N–H and O–H groups in total. The van der Waals surface area contributed by atoms with Crippen molar-refractivity contribution in [3.63, 3.8) is 0 Å². The molecule has 3 nitrogen and oxygen atoms in total. The van der Waals surface area contributed by atoms with Crippen LogP contribution in [0, 0.1) is 6.92 Å². The largest absolute Gasteiger partial charge is 0.381 e. The number of carbonyl (C=O) groups is 1. The maximum absolute atomic E-state index is 11.1. The predicted molar refractivity (Wildman–Crippen MR) is 89.3 cm³/mol. The van der Waals surface area contributed by atoms with Gasteiger partial charge in [0.15, 0.2) is 0 Å². The van der Waals surface area contributed by atoms with Crippen LogP contribution in [-0.4, -0.2) is 5.91 Å². The van der Waals surface area contributed by atoms with Gasteiger partial charge in [0.2, 0.25) is 5.91 Å². The summed E-state index contributed by atoms with van der Waals surface area (Å²) in [6.45, 7) is 4.02. The minimum Gasteiger partial charge on any atom is -0.381 e. The third-order valence-corrected chi connectivity index (χ3v) is 3.63. The molecular formula is C16H16Cl2N2O. The molecular weight excluding hydrogens is 307 g/mol. The molecule has 110 valence electrons. The third kappa shape index (κ3) is 4.38. The molecule has 0 fully saturated rings. The topological polar surface area (TPSA) is 41.1 Å². The predicted octanol–water partition coefficient (Wildman–Crippen LogP) is 4.87. The minimum atomic E-state index is -0.0791. The van der Waals surface area contributed by atoms with Crippen LogP contribution in [0.15, 0.2) is 36.4 Å². The first kappa shape index (κ1) is 15.7. The van der Waals surface area contributed by atoms with E-state index in [1.165, 1.54) is 6.92 Å². The maximum atomic E-state index is 11.1. The van der Waals surface area contributed by atoms with Crippen LogP contribution in [0.25, 0.3) is 0 Å². The molecule has 0 aliphatic rings. The molecule has 0 saturated heterocycles. The Labute approximate surface area is 134 Å². The molecule has 0 atom stereocenters. The van der Waals surface area contributed by atoms with E-state index in [0.29, 0.717) is 16.6 Å². The second-order valence-electron chi connectivity index (χ2n) is 4.80. The van der Waals surface area contributed by atoms with E-state index in [4.69, 9.17) is 23.2 Å². The Hall–Kier alpha value is -1.71. The summed E-state index contributed by atoms with van der Waals surface area (Å²) in [5.41, 5.74) is 3.70. The standard InChI is InChI=1S/C16H16Cl2N2O/c1-10-7-14(4-6-16(10)20-11(2)21)19-9-12-8-13(17)3-5-15(12)18/h3-8,19H,9H2,1-2H3,(H,20,21). The number of carbonyl (C=O) groups excluding carboxylic acids is 1. The van der Waals surface area contributed by atoms with Gasteiger partial charge in [0.05, 0.1) is 0 Å². The van der Waals surface area contributed by atoms with Gasteiger partial charge in [-0.2, -0.15) is 0 Å². The first-order valence-corrected chi connectivity index (χ1v) is 7.27. The third-order valence-electron chi connectivity index (χ3n) is 3.03. The second-order valence-corrected chi connectivity index (χ2v) is 5.64. The number of nitrogens with one attached hydrogen (secondary N) is 2. The van der Waals surface area contributed by atoms with Gasteiger partial charge in [-0.05, 0) is 54.4 Å². The Morgan fingerprint density at radius 1 is 1.14 bits per heavy atom. The molecule has 0 bridgehead atoms. The van der Waals surface area contributed by atoms with Gasteiger partial charge in [-0.25, -0.2) is 0 Å². The van der Waals surface area contributed by atoms with E-state index in [1.807, 2.05) is 31.2 Å². The summed E-state index contributed by atoms with van der Waals surface area (Å²) in [6.07, 6.45) is 0. The van der Waals surface area contributed by atoms with E-state index < -0.39 is 0 Å². The lowest BCUT2D eigenvalue weighted by atomic mass is 10.1. The van der Waals surface area contributed by atoms with Crippen LogP contribution in [-0.2, 0) is 11.3 Å². The number of amides is 1. The minimum absolute atomic E-state index is 0.0791. The SMILES string of the molecule is CC(=O)Nc1ccc(NCc2cc(Cl)ccc2Cl)cc1C. The normalized spacial score (nSPS) is 10.3. The van der Waals surface area contributed by atoms with Crippen molar-refractivity contribution in [3.8, 4) is 0 Å². The number of hydrogen-bond acceptors (Lipinski definition) is 2. The monoisotopic (exact) mass is 322 g/mol. The highest BCUT2D eigenvalue weighted by Crippen LogP contribution is 2.23. The quantitative estimate of drug-likeness (QED) is 0.842. The summed E-state index contributed by atoms with van der Waals surface area (Å²) in [6, 6.07) is 11.2. The smallest absolute Gasteiger partial charge is 0.221 e. The Bertz CT molecular complexity index is 671. The van der Waals surface area contributed by atoms with Crippen molar-refractivity contribution in [2.45, 2.75) is 20.4 Å². The van der Waals surface area contributed by atoms with Gasteiger partial charge in [-0.15, -0.1) is 0 Å². The van der Waals surface area contributed by atoms with Gasteiger partial charge >= 0.3 is 0 Å². The van der Waals surface area contributed by atoms with Crippen molar-refractivity contribution in [3.05, 3.63) is 57.6 Å². The van der Waals surface area contributed by atoms with Gasteiger partial charge in [0, 0.05) is 34.9 Å². The van der Waals surface area contributed by atoms with E-state index in [9.17, 15) is 4.79 Å². The number of halogens is 2. The van der Waals surface area contributed by atoms with Crippen LogP contribution in [0.5, 0.6) is 0 Å². The van der Waals surface area contributed by atoms with Crippen LogP contribution in [0.3, 0.4) is 0 Å². The zero-order valence-corrected chi connectivity index (χ0v) is 13.3. The molecule has 1 amide bonds. The maximum Gasteiger partial charge on any atom is 0.221 e. The lowest BCUT2D eigenvalue weighted by molar-refractivity contribution is -0.114. The van der Waals surface area contributed by atoms with Crippen LogP contribution in [0.4, 0.5) is 11.4 Å². The van der Waals surface area contributed by atoms with Crippen molar-refractivity contribution in [1.82, 2.24) is 0 Å². The lowest BCUT2D eigenvalue weighted by Crippen LogP contribution is -2.07. The van der Waals surface area contributed by atoms with Gasteiger partial charge in [-0.3, -0.25) is 4.79 Å². The number of benzene rings is 2. The Kier molecular flexibility index (Phi) is 5.10.